The van der Waals surface area contributed by atoms with Crippen LogP contribution in [-0.2, 0) is 20.0 Å². The molecule has 14 nitrogen and oxygen atoms in total. The number of benzene rings is 5. The Hall–Kier alpha value is -7.52. The first-order chi connectivity index (χ1) is 29.5. The number of hydrogen-bond donors (Lipinski definition) is 4. The predicted octanol–water partition coefficient (Wildman–Crippen LogP) is 8.15. The van der Waals surface area contributed by atoms with Gasteiger partial charge in [-0.2, -0.15) is 0 Å². The first-order valence-electron chi connectivity index (χ1n) is 18.3. The molecule has 0 saturated carbocycles. The average molecular weight is 910 g/mol. The summed E-state index contributed by atoms with van der Waals surface area (Å²) in [6.07, 6.45) is 2.64. The molecule has 0 aliphatic rings. The standard InChI is InChI=1S/C26H19N5O2S.C18H14BrN5O2S/c27-20-10-7-11-21(16-20)30-25-24-17-22(15-14-19-8-3-1-4-9-19)31(26(24)29-18-28-25)34(32,33)23-12-5-2-6-13-23;19-16-10-15-17(23-13-6-4-5-12(20)9-13)21-11-22-18(15)24(16)27(25,26)14-7-2-1-3-8-14/h1-13,16-18H,27H2,(H,28,29,30);1-11H,20H2,(H,21,22,23). The van der Waals surface area contributed by atoms with Crippen molar-refractivity contribution in [1.82, 2.24) is 27.9 Å². The van der Waals surface area contributed by atoms with E-state index in [0.29, 0.717) is 38.4 Å². The highest BCUT2D eigenvalue weighted by Gasteiger charge is 2.26. The monoisotopic (exact) mass is 908 g/mol. The minimum absolute atomic E-state index is 0.138. The molecular formula is C44H33BrN10O4S2. The van der Waals surface area contributed by atoms with Crippen LogP contribution in [0.3, 0.4) is 0 Å². The summed E-state index contributed by atoms with van der Waals surface area (Å²) in [6, 6.07) is 43.5. The lowest BCUT2D eigenvalue weighted by Crippen LogP contribution is -2.15. The minimum atomic E-state index is -3.98. The zero-order valence-electron chi connectivity index (χ0n) is 31.8. The van der Waals surface area contributed by atoms with Crippen molar-refractivity contribution in [3.05, 3.63) is 180 Å². The molecule has 4 aromatic heterocycles. The number of nitrogens with one attached hydrogen (secondary N) is 2. The molecule has 0 aliphatic carbocycles. The van der Waals surface area contributed by atoms with Crippen molar-refractivity contribution in [1.29, 1.82) is 0 Å². The summed E-state index contributed by atoms with van der Waals surface area (Å²) in [6.45, 7) is 0. The molecule has 4 heterocycles. The van der Waals surface area contributed by atoms with E-state index < -0.39 is 20.0 Å². The summed E-state index contributed by atoms with van der Waals surface area (Å²) in [5, 5.41) is 7.44. The third kappa shape index (κ3) is 8.49. The first kappa shape index (κ1) is 40.3. The van der Waals surface area contributed by atoms with Crippen LogP contribution < -0.4 is 22.1 Å². The molecule has 0 amide bonds. The molecule has 5 aromatic carbocycles. The van der Waals surface area contributed by atoms with Crippen LogP contribution in [0.4, 0.5) is 34.4 Å². The maximum absolute atomic E-state index is 13.7. The van der Waals surface area contributed by atoms with Crippen molar-refractivity contribution >= 4 is 92.4 Å². The highest BCUT2D eigenvalue weighted by molar-refractivity contribution is 9.10. The Morgan fingerprint density at radius 2 is 0.967 bits per heavy atom. The molecule has 9 aromatic rings. The number of anilines is 6. The maximum atomic E-state index is 13.7. The topological polar surface area (TPSA) is 206 Å². The molecular weight excluding hydrogens is 877 g/mol. The molecule has 0 bridgehead atoms. The molecule has 0 aliphatic heterocycles. The van der Waals surface area contributed by atoms with Crippen molar-refractivity contribution in [3.8, 4) is 11.8 Å². The van der Waals surface area contributed by atoms with Crippen molar-refractivity contribution in [2.24, 2.45) is 0 Å². The minimum Gasteiger partial charge on any atom is -0.399 e. The molecule has 9 rings (SSSR count). The fraction of sp³-hybridized carbons (Fsp3) is 0. The Bertz CT molecular complexity index is 3340. The number of hydrogen-bond acceptors (Lipinski definition) is 12. The van der Waals surface area contributed by atoms with Crippen LogP contribution in [0.15, 0.2) is 179 Å². The summed E-state index contributed by atoms with van der Waals surface area (Å²) < 4.78 is 56.1. The van der Waals surface area contributed by atoms with Crippen LogP contribution in [0.1, 0.15) is 11.3 Å². The number of halogens is 1. The van der Waals surface area contributed by atoms with E-state index in [1.54, 1.807) is 97.1 Å². The second-order valence-electron chi connectivity index (χ2n) is 13.2. The van der Waals surface area contributed by atoms with E-state index in [0.717, 1.165) is 20.9 Å². The van der Waals surface area contributed by atoms with Crippen LogP contribution in [-0.4, -0.2) is 44.7 Å². The predicted molar refractivity (Wildman–Crippen MR) is 242 cm³/mol. The molecule has 302 valence electrons. The van der Waals surface area contributed by atoms with Gasteiger partial charge < -0.3 is 22.1 Å². The summed E-state index contributed by atoms with van der Waals surface area (Å²) in [5.74, 6) is 6.98. The van der Waals surface area contributed by atoms with Gasteiger partial charge in [-0.3, -0.25) is 0 Å². The van der Waals surface area contributed by atoms with E-state index in [1.807, 2.05) is 54.6 Å². The Morgan fingerprint density at radius 1 is 0.508 bits per heavy atom. The van der Waals surface area contributed by atoms with E-state index in [1.165, 1.54) is 16.6 Å². The molecule has 0 radical (unpaired) electrons. The molecule has 0 fully saturated rings. The van der Waals surface area contributed by atoms with Gasteiger partial charge in [0.25, 0.3) is 20.0 Å². The molecule has 0 unspecified atom stereocenters. The Balaban J connectivity index is 0.000000173. The highest BCUT2D eigenvalue weighted by atomic mass is 79.9. The van der Waals surface area contributed by atoms with Crippen LogP contribution in [0, 0.1) is 11.8 Å². The van der Waals surface area contributed by atoms with Crippen LogP contribution >= 0.6 is 15.9 Å². The average Bonchev–Trinajstić information content (AvgIpc) is 3.83. The number of rotatable bonds is 8. The number of aromatic nitrogens is 6. The van der Waals surface area contributed by atoms with Gasteiger partial charge in [0.2, 0.25) is 0 Å². The van der Waals surface area contributed by atoms with E-state index >= 15 is 0 Å². The third-order valence-electron chi connectivity index (χ3n) is 9.04. The smallest absolute Gasteiger partial charge is 0.270 e. The molecule has 0 saturated heterocycles. The van der Waals surface area contributed by atoms with Crippen LogP contribution in [0.5, 0.6) is 0 Å². The molecule has 61 heavy (non-hydrogen) atoms. The van der Waals surface area contributed by atoms with E-state index in [2.05, 4.69) is 58.3 Å². The van der Waals surface area contributed by atoms with Gasteiger partial charge in [0.05, 0.1) is 20.6 Å². The SMILES string of the molecule is Nc1cccc(Nc2ncnc3c2cc(Br)n3S(=O)(=O)c2ccccc2)c1.Nc1cccc(Nc2ncnc3c2cc(C#Cc2ccccc2)n3S(=O)(=O)c2ccccc2)c1. The van der Waals surface area contributed by atoms with Crippen molar-refractivity contribution in [2.75, 3.05) is 22.1 Å². The van der Waals surface area contributed by atoms with Crippen molar-refractivity contribution in [3.63, 3.8) is 0 Å². The van der Waals surface area contributed by atoms with Gasteiger partial charge in [0, 0.05) is 28.3 Å². The fourth-order valence-corrected chi connectivity index (χ4v) is 10.0. The van der Waals surface area contributed by atoms with E-state index in [9.17, 15) is 16.8 Å². The summed E-state index contributed by atoms with van der Waals surface area (Å²) in [4.78, 5) is 17.4. The van der Waals surface area contributed by atoms with Gasteiger partial charge in [-0.1, -0.05) is 72.7 Å². The highest BCUT2D eigenvalue weighted by Crippen LogP contribution is 2.33. The third-order valence-corrected chi connectivity index (χ3v) is 13.3. The van der Waals surface area contributed by atoms with Gasteiger partial charge in [-0.25, -0.2) is 44.7 Å². The molecule has 0 atom stereocenters. The lowest BCUT2D eigenvalue weighted by molar-refractivity contribution is 0.586. The number of fused-ring (bicyclic) bond motifs is 2. The first-order valence-corrected chi connectivity index (χ1v) is 22.0. The Labute approximate surface area is 359 Å². The van der Waals surface area contributed by atoms with Crippen molar-refractivity contribution in [2.45, 2.75) is 9.79 Å². The number of nitrogens with zero attached hydrogens (tertiary/aromatic N) is 6. The van der Waals surface area contributed by atoms with E-state index in [-0.39, 0.29) is 26.8 Å². The Kier molecular flexibility index (Phi) is 11.2. The van der Waals surface area contributed by atoms with Crippen LogP contribution in [0.25, 0.3) is 22.1 Å². The summed E-state index contributed by atoms with van der Waals surface area (Å²) >= 11 is 3.34. The van der Waals surface area contributed by atoms with Crippen molar-refractivity contribution < 1.29 is 16.8 Å². The number of nitrogen functional groups attached to an aromatic ring is 2. The normalized spacial score (nSPS) is 11.3. The Morgan fingerprint density at radius 3 is 1.48 bits per heavy atom. The second-order valence-corrected chi connectivity index (χ2v) is 17.6. The molecule has 0 spiro atoms. The largest absolute Gasteiger partial charge is 0.399 e. The van der Waals surface area contributed by atoms with Gasteiger partial charge in [-0.05, 0) is 107 Å². The van der Waals surface area contributed by atoms with Gasteiger partial charge in [0.15, 0.2) is 11.3 Å². The summed E-state index contributed by atoms with van der Waals surface area (Å²) in [7, 11) is -7.80. The fourth-order valence-electron chi connectivity index (χ4n) is 6.27. The molecule has 17 heteroatoms. The van der Waals surface area contributed by atoms with Gasteiger partial charge in [0.1, 0.15) is 34.6 Å². The second kappa shape index (κ2) is 17.0. The zero-order valence-corrected chi connectivity index (χ0v) is 35.0. The van der Waals surface area contributed by atoms with E-state index in [4.69, 9.17) is 11.5 Å². The zero-order chi connectivity index (χ0) is 42.6. The van der Waals surface area contributed by atoms with Gasteiger partial charge in [-0.15, -0.1) is 0 Å². The lowest BCUT2D eigenvalue weighted by atomic mass is 10.2. The maximum Gasteiger partial charge on any atom is 0.270 e. The lowest BCUT2D eigenvalue weighted by Gasteiger charge is -2.10. The quantitative estimate of drug-likeness (QED) is 0.0842. The van der Waals surface area contributed by atoms with Crippen LogP contribution in [0.2, 0.25) is 0 Å². The number of nitrogens with two attached hydrogens (primary N) is 2. The summed E-state index contributed by atoms with van der Waals surface area (Å²) in [5.41, 5.74) is 15.9. The molecule has 6 N–H and O–H groups in total. The van der Waals surface area contributed by atoms with Gasteiger partial charge >= 0.3 is 0 Å².